The van der Waals surface area contributed by atoms with Gasteiger partial charge in [0.05, 0.1) is 5.69 Å². The number of rotatable bonds is 3. The van der Waals surface area contributed by atoms with E-state index in [1.807, 2.05) is 0 Å². The lowest BCUT2D eigenvalue weighted by molar-refractivity contribution is 0.491. The van der Waals surface area contributed by atoms with Crippen LogP contribution in [0.1, 0.15) is 43.7 Å². The van der Waals surface area contributed by atoms with Gasteiger partial charge in [0.15, 0.2) is 0 Å². The summed E-state index contributed by atoms with van der Waals surface area (Å²) in [6.07, 6.45) is 0.920. The topological polar surface area (TPSA) is 26.0 Å². The fourth-order valence-electron chi connectivity index (χ4n) is 1.89. The maximum Gasteiger partial charge on any atom is 0.226 e. The van der Waals surface area contributed by atoms with Gasteiger partial charge < -0.3 is 4.42 Å². The Morgan fingerprint density at radius 2 is 1.82 bits per heavy atom. The van der Waals surface area contributed by atoms with Gasteiger partial charge in [0.25, 0.3) is 0 Å². The van der Waals surface area contributed by atoms with Crippen molar-refractivity contribution in [3.63, 3.8) is 0 Å². The van der Waals surface area contributed by atoms with Crippen LogP contribution in [0.4, 0.5) is 0 Å². The number of aromatic nitrogens is 1. The van der Waals surface area contributed by atoms with Crippen LogP contribution in [0.2, 0.25) is 0 Å². The average Bonchev–Trinajstić information content (AvgIpc) is 2.74. The first kappa shape index (κ1) is 11.9. The highest BCUT2D eigenvalue weighted by Crippen LogP contribution is 2.27. The minimum atomic E-state index is 0.386. The first-order valence-corrected chi connectivity index (χ1v) is 6.18. The third kappa shape index (κ3) is 2.41. The molecule has 2 rings (SSSR count). The van der Waals surface area contributed by atoms with Crippen LogP contribution in [0.5, 0.6) is 0 Å². The zero-order chi connectivity index (χ0) is 12.4. The van der Waals surface area contributed by atoms with E-state index in [1.54, 1.807) is 0 Å². The van der Waals surface area contributed by atoms with Gasteiger partial charge in [0.2, 0.25) is 5.89 Å². The van der Waals surface area contributed by atoms with E-state index in [4.69, 9.17) is 4.42 Å². The second-order valence-electron chi connectivity index (χ2n) is 4.70. The fraction of sp³-hybridized carbons (Fsp3) is 0.400. The molecule has 0 N–H and O–H groups in total. The summed E-state index contributed by atoms with van der Waals surface area (Å²) in [6, 6.07) is 8.29. The second-order valence-corrected chi connectivity index (χ2v) is 4.70. The van der Waals surface area contributed by atoms with Gasteiger partial charge in [-0.15, -0.1) is 0 Å². The molecule has 1 aromatic carbocycles. The molecule has 0 saturated carbocycles. The summed E-state index contributed by atoms with van der Waals surface area (Å²) < 4.78 is 5.88. The largest absolute Gasteiger partial charge is 0.441 e. The molecule has 0 amide bonds. The summed E-state index contributed by atoms with van der Waals surface area (Å²) in [4.78, 5) is 4.58. The number of oxazole rings is 1. The minimum Gasteiger partial charge on any atom is -0.441 e. The average molecular weight is 229 g/mol. The molecule has 2 aromatic rings. The summed E-state index contributed by atoms with van der Waals surface area (Å²) in [5.74, 6) is 2.14. The van der Waals surface area contributed by atoms with E-state index >= 15 is 0 Å². The van der Waals surface area contributed by atoms with E-state index in [1.165, 1.54) is 5.56 Å². The van der Waals surface area contributed by atoms with Gasteiger partial charge in [0, 0.05) is 11.5 Å². The molecule has 0 aliphatic carbocycles. The van der Waals surface area contributed by atoms with Crippen LogP contribution < -0.4 is 0 Å². The molecule has 17 heavy (non-hydrogen) atoms. The first-order valence-electron chi connectivity index (χ1n) is 6.18. The zero-order valence-electron chi connectivity index (χ0n) is 10.9. The van der Waals surface area contributed by atoms with Gasteiger partial charge in [-0.3, -0.25) is 0 Å². The van der Waals surface area contributed by atoms with Gasteiger partial charge in [-0.2, -0.15) is 0 Å². The molecule has 0 aliphatic rings. The molecule has 1 heterocycles. The van der Waals surface area contributed by atoms with Crippen LogP contribution >= 0.6 is 0 Å². The Balaban J connectivity index is 2.42. The van der Waals surface area contributed by atoms with Crippen molar-refractivity contribution in [2.75, 3.05) is 0 Å². The molecule has 2 nitrogen and oxygen atoms in total. The van der Waals surface area contributed by atoms with Crippen LogP contribution in [0.25, 0.3) is 11.5 Å². The van der Waals surface area contributed by atoms with Crippen molar-refractivity contribution in [1.82, 2.24) is 4.98 Å². The molecule has 0 spiro atoms. The summed E-state index contributed by atoms with van der Waals surface area (Å²) in [7, 11) is 0. The number of aryl methyl sites for hydroxylation is 2. The molecule has 0 aliphatic heterocycles. The van der Waals surface area contributed by atoms with Crippen molar-refractivity contribution in [3.05, 3.63) is 41.3 Å². The number of hydrogen-bond acceptors (Lipinski definition) is 2. The van der Waals surface area contributed by atoms with E-state index in [2.05, 4.69) is 56.9 Å². The van der Waals surface area contributed by atoms with Gasteiger partial charge in [-0.1, -0.05) is 38.5 Å². The first-order chi connectivity index (χ1) is 8.11. The zero-order valence-corrected chi connectivity index (χ0v) is 10.9. The molecular weight excluding hydrogens is 210 g/mol. The fourth-order valence-corrected chi connectivity index (χ4v) is 1.89. The van der Waals surface area contributed by atoms with E-state index in [-0.39, 0.29) is 0 Å². The molecule has 90 valence electrons. The SMILES string of the molecule is CCc1nc(-c2ccc(C)cc2)oc1C(C)C. The van der Waals surface area contributed by atoms with Crippen LogP contribution in [0.15, 0.2) is 28.7 Å². The van der Waals surface area contributed by atoms with Crippen molar-refractivity contribution in [3.8, 4) is 11.5 Å². The molecule has 0 bridgehead atoms. The highest BCUT2D eigenvalue weighted by molar-refractivity contribution is 5.54. The minimum absolute atomic E-state index is 0.386. The molecule has 0 saturated heterocycles. The number of benzene rings is 1. The standard InChI is InChI=1S/C15H19NO/c1-5-13-14(10(2)3)17-15(16-13)12-8-6-11(4)7-9-12/h6-10H,5H2,1-4H3. The van der Waals surface area contributed by atoms with Crippen molar-refractivity contribution in [2.45, 2.75) is 40.0 Å². The van der Waals surface area contributed by atoms with Crippen LogP contribution in [0, 0.1) is 6.92 Å². The lowest BCUT2D eigenvalue weighted by Gasteiger charge is -2.00. The van der Waals surface area contributed by atoms with Crippen LogP contribution in [-0.4, -0.2) is 4.98 Å². The van der Waals surface area contributed by atoms with Gasteiger partial charge in [-0.05, 0) is 25.5 Å². The third-order valence-corrected chi connectivity index (χ3v) is 2.89. The van der Waals surface area contributed by atoms with Crippen molar-refractivity contribution < 1.29 is 4.42 Å². The Kier molecular flexibility index (Phi) is 3.32. The number of nitrogens with zero attached hydrogens (tertiary/aromatic N) is 1. The Hall–Kier alpha value is -1.57. The van der Waals surface area contributed by atoms with Crippen molar-refractivity contribution >= 4 is 0 Å². The van der Waals surface area contributed by atoms with Crippen molar-refractivity contribution in [2.24, 2.45) is 0 Å². The highest BCUT2D eigenvalue weighted by atomic mass is 16.4. The molecular formula is C15H19NO. The monoisotopic (exact) mass is 229 g/mol. The lowest BCUT2D eigenvalue weighted by atomic mass is 10.1. The molecule has 0 fully saturated rings. The van der Waals surface area contributed by atoms with Gasteiger partial charge >= 0.3 is 0 Å². The predicted molar refractivity (Wildman–Crippen MR) is 70.1 cm³/mol. The quantitative estimate of drug-likeness (QED) is 0.782. The maximum absolute atomic E-state index is 5.88. The Morgan fingerprint density at radius 1 is 1.18 bits per heavy atom. The lowest BCUT2D eigenvalue weighted by Crippen LogP contribution is -1.90. The highest BCUT2D eigenvalue weighted by Gasteiger charge is 2.15. The predicted octanol–water partition coefficient (Wildman–Crippen LogP) is 4.34. The molecule has 0 radical (unpaired) electrons. The molecule has 2 heteroatoms. The Labute approximate surface area is 103 Å². The summed E-state index contributed by atoms with van der Waals surface area (Å²) >= 11 is 0. The smallest absolute Gasteiger partial charge is 0.226 e. The Bertz CT molecular complexity index is 494. The van der Waals surface area contributed by atoms with E-state index < -0.39 is 0 Å². The summed E-state index contributed by atoms with van der Waals surface area (Å²) in [6.45, 7) is 8.47. The molecule has 0 unspecified atom stereocenters. The van der Waals surface area contributed by atoms with Crippen LogP contribution in [0.3, 0.4) is 0 Å². The molecule has 0 atom stereocenters. The van der Waals surface area contributed by atoms with E-state index in [0.29, 0.717) is 5.92 Å². The number of hydrogen-bond donors (Lipinski definition) is 0. The van der Waals surface area contributed by atoms with Gasteiger partial charge in [-0.25, -0.2) is 4.98 Å². The summed E-state index contributed by atoms with van der Waals surface area (Å²) in [5, 5.41) is 0. The normalized spacial score (nSPS) is 11.1. The van der Waals surface area contributed by atoms with E-state index in [9.17, 15) is 0 Å². The third-order valence-electron chi connectivity index (χ3n) is 2.89. The van der Waals surface area contributed by atoms with Gasteiger partial charge in [0.1, 0.15) is 5.76 Å². The molecule has 1 aromatic heterocycles. The Morgan fingerprint density at radius 3 is 2.29 bits per heavy atom. The maximum atomic E-state index is 5.88. The second kappa shape index (κ2) is 4.74. The van der Waals surface area contributed by atoms with E-state index in [0.717, 1.165) is 29.3 Å². The summed E-state index contributed by atoms with van der Waals surface area (Å²) in [5.41, 5.74) is 3.38. The van der Waals surface area contributed by atoms with Crippen molar-refractivity contribution in [1.29, 1.82) is 0 Å². The van der Waals surface area contributed by atoms with Crippen LogP contribution in [-0.2, 0) is 6.42 Å².